The van der Waals surface area contributed by atoms with Gasteiger partial charge in [0, 0.05) is 17.2 Å². The molecule has 1 saturated heterocycles. The van der Waals surface area contributed by atoms with Crippen LogP contribution >= 0.6 is 8.25 Å². The molecule has 0 aliphatic carbocycles. The van der Waals surface area contributed by atoms with E-state index in [9.17, 15) is 19.3 Å². The lowest BCUT2D eigenvalue weighted by Gasteiger charge is -2.14. The number of nitrogens with one attached hydrogen (secondary N) is 1. The van der Waals surface area contributed by atoms with Crippen molar-refractivity contribution in [2.24, 2.45) is 0 Å². The van der Waals surface area contributed by atoms with Crippen molar-refractivity contribution in [3.05, 3.63) is 32.6 Å². The molecule has 2 heterocycles. The van der Waals surface area contributed by atoms with Crippen molar-refractivity contribution in [3.8, 4) is 11.8 Å². The van der Waals surface area contributed by atoms with E-state index in [0.29, 0.717) is 0 Å². The molecule has 0 radical (unpaired) electrons. The Bertz CT molecular complexity index is 760. The summed E-state index contributed by atoms with van der Waals surface area (Å²) < 4.78 is 27.8. The van der Waals surface area contributed by atoms with E-state index >= 15 is 0 Å². The van der Waals surface area contributed by atoms with Crippen LogP contribution in [-0.4, -0.2) is 40.6 Å². The van der Waals surface area contributed by atoms with Crippen LogP contribution < -0.4 is 11.2 Å². The Hall–Kier alpha value is -1.82. The fraction of sp³-hybridized carbons (Fsp3) is 0.538. The molecule has 23 heavy (non-hydrogen) atoms. The van der Waals surface area contributed by atoms with Crippen molar-refractivity contribution in [1.29, 1.82) is 0 Å². The Morgan fingerprint density at radius 3 is 2.91 bits per heavy atom. The molecule has 1 fully saturated rings. The summed E-state index contributed by atoms with van der Waals surface area (Å²) in [5.74, 6) is 5.17. The number of aliphatic hydroxyl groups excluding tert-OH is 1. The Morgan fingerprint density at radius 2 is 2.30 bits per heavy atom. The first kappa shape index (κ1) is 17.5. The molecule has 0 bridgehead atoms. The maximum Gasteiger partial charge on any atom is 0.697 e. The minimum atomic E-state index is -2.34. The van der Waals surface area contributed by atoms with Crippen LogP contribution in [0, 0.1) is 11.8 Å². The van der Waals surface area contributed by atoms with Gasteiger partial charge in [-0.15, -0.1) is 15.0 Å². The maximum atomic E-state index is 12.0. The fourth-order valence-electron chi connectivity index (χ4n) is 2.22. The summed E-state index contributed by atoms with van der Waals surface area (Å²) in [7, 11) is -1.12. The van der Waals surface area contributed by atoms with E-state index in [0.717, 1.165) is 4.57 Å². The predicted octanol–water partition coefficient (Wildman–Crippen LogP) is -0.123. The van der Waals surface area contributed by atoms with Crippen molar-refractivity contribution in [2.75, 3.05) is 13.7 Å². The van der Waals surface area contributed by atoms with Gasteiger partial charge in [-0.2, -0.15) is 0 Å². The van der Waals surface area contributed by atoms with Gasteiger partial charge in [-0.3, -0.25) is 14.3 Å². The highest BCUT2D eigenvalue weighted by Gasteiger charge is 2.43. The zero-order valence-electron chi connectivity index (χ0n) is 12.5. The molecule has 1 aromatic heterocycles. The Kier molecular flexibility index (Phi) is 5.82. The summed E-state index contributed by atoms with van der Waals surface area (Å²) in [6.45, 7) is 1.18. The number of aromatic nitrogens is 2. The Morgan fingerprint density at radius 1 is 1.57 bits per heavy atom. The number of ether oxygens (including phenoxy) is 1. The van der Waals surface area contributed by atoms with E-state index in [2.05, 4.69) is 21.3 Å². The van der Waals surface area contributed by atoms with Gasteiger partial charge in [0.2, 0.25) is 0 Å². The SMILES string of the molecule is CC#Cc1cn([C@H]2C[C@@H](O[P+](=O)OC)[C@@H](CO)O2)c(=O)[nH]c1=O. The number of H-pyrrole nitrogens is 1. The smallest absolute Gasteiger partial charge is 0.394 e. The van der Waals surface area contributed by atoms with Gasteiger partial charge in [-0.05, 0) is 6.92 Å². The summed E-state index contributed by atoms with van der Waals surface area (Å²) in [6, 6.07) is 0. The summed E-state index contributed by atoms with van der Waals surface area (Å²) >= 11 is 0. The van der Waals surface area contributed by atoms with Gasteiger partial charge < -0.3 is 9.84 Å². The highest BCUT2D eigenvalue weighted by Crippen LogP contribution is 2.36. The molecule has 1 unspecified atom stereocenters. The number of hydrogen-bond donors (Lipinski definition) is 2. The van der Waals surface area contributed by atoms with Crippen molar-refractivity contribution >= 4 is 8.25 Å². The second-order valence-corrected chi connectivity index (χ2v) is 5.71. The van der Waals surface area contributed by atoms with E-state index in [1.807, 2.05) is 0 Å². The summed E-state index contributed by atoms with van der Waals surface area (Å²) in [6.07, 6.45) is -0.836. The molecule has 9 nitrogen and oxygen atoms in total. The molecule has 124 valence electrons. The quantitative estimate of drug-likeness (QED) is 0.565. The molecule has 1 aromatic rings. The highest BCUT2D eigenvalue weighted by molar-refractivity contribution is 7.33. The molecule has 1 aliphatic rings. The Balaban J connectivity index is 2.30. The van der Waals surface area contributed by atoms with Gasteiger partial charge in [-0.1, -0.05) is 5.92 Å². The molecule has 0 aromatic carbocycles. The third-order valence-corrected chi connectivity index (χ3v) is 4.01. The molecule has 2 N–H and O–H groups in total. The van der Waals surface area contributed by atoms with Crippen molar-refractivity contribution in [3.63, 3.8) is 0 Å². The molecule has 4 atom stereocenters. The van der Waals surface area contributed by atoms with Crippen LogP contribution in [0.5, 0.6) is 0 Å². The first-order valence-corrected chi connectivity index (χ1v) is 7.82. The molecular formula is C13H16N2O7P+. The van der Waals surface area contributed by atoms with E-state index in [1.54, 1.807) is 6.92 Å². The van der Waals surface area contributed by atoms with Crippen molar-refractivity contribution < 1.29 is 23.5 Å². The van der Waals surface area contributed by atoms with Crippen LogP contribution in [0.2, 0.25) is 0 Å². The number of aromatic amines is 1. The summed E-state index contributed by atoms with van der Waals surface area (Å²) in [4.78, 5) is 25.7. The molecule has 0 spiro atoms. The predicted molar refractivity (Wildman–Crippen MR) is 79.0 cm³/mol. The molecule has 0 saturated carbocycles. The van der Waals surface area contributed by atoms with Gasteiger partial charge in [0.15, 0.2) is 0 Å². The van der Waals surface area contributed by atoms with Crippen LogP contribution in [-0.2, 0) is 18.3 Å². The van der Waals surface area contributed by atoms with Crippen LogP contribution in [0.1, 0.15) is 25.1 Å². The lowest BCUT2D eigenvalue weighted by atomic mass is 10.2. The standard InChI is InChI=1S/C13H15N2O7P/c1-3-4-8-6-15(13(18)14-12(8)17)11-5-9(10(7-16)21-11)22-23(19)20-2/h6,9-11,16H,5,7H2,1-2H3/p+1/t9-,10-,11-/m1/s1. The van der Waals surface area contributed by atoms with E-state index in [-0.39, 0.29) is 18.6 Å². The second kappa shape index (κ2) is 7.64. The van der Waals surface area contributed by atoms with Crippen molar-refractivity contribution in [1.82, 2.24) is 9.55 Å². The minimum Gasteiger partial charge on any atom is -0.394 e. The van der Waals surface area contributed by atoms with Gasteiger partial charge in [0.05, 0.1) is 13.7 Å². The maximum absolute atomic E-state index is 12.0. The highest BCUT2D eigenvalue weighted by atomic mass is 31.1. The topological polar surface area (TPSA) is 120 Å². The molecule has 1 aliphatic heterocycles. The third kappa shape index (κ3) is 3.93. The molecule has 10 heteroatoms. The zero-order valence-corrected chi connectivity index (χ0v) is 13.4. The van der Waals surface area contributed by atoms with Gasteiger partial charge in [-0.25, -0.2) is 4.79 Å². The fourth-order valence-corrected chi connectivity index (χ4v) is 2.75. The minimum absolute atomic E-state index is 0.114. The van der Waals surface area contributed by atoms with Gasteiger partial charge >= 0.3 is 13.9 Å². The lowest BCUT2D eigenvalue weighted by molar-refractivity contribution is -0.0426. The third-order valence-electron chi connectivity index (χ3n) is 3.27. The van der Waals surface area contributed by atoms with Crippen LogP contribution in [0.4, 0.5) is 0 Å². The number of nitrogens with zero attached hydrogens (tertiary/aromatic N) is 1. The number of aliphatic hydroxyl groups is 1. The number of hydrogen-bond acceptors (Lipinski definition) is 7. The average molecular weight is 343 g/mol. The monoisotopic (exact) mass is 343 g/mol. The molecule has 2 rings (SSSR count). The first-order valence-electron chi connectivity index (χ1n) is 6.72. The van der Waals surface area contributed by atoms with Gasteiger partial charge in [0.1, 0.15) is 24.0 Å². The normalized spacial score (nSPS) is 24.1. The van der Waals surface area contributed by atoms with Gasteiger partial charge in [0.25, 0.3) is 5.56 Å². The summed E-state index contributed by atoms with van der Waals surface area (Å²) in [5, 5.41) is 9.33. The average Bonchev–Trinajstić information content (AvgIpc) is 2.92. The van der Waals surface area contributed by atoms with Crippen molar-refractivity contribution in [2.45, 2.75) is 31.8 Å². The largest absolute Gasteiger partial charge is 0.697 e. The second-order valence-electron chi connectivity index (χ2n) is 4.68. The first-order chi connectivity index (χ1) is 11.0. The molecular weight excluding hydrogens is 327 g/mol. The van der Waals surface area contributed by atoms with E-state index in [1.165, 1.54) is 13.3 Å². The van der Waals surface area contributed by atoms with E-state index < -0.39 is 37.9 Å². The van der Waals surface area contributed by atoms with Crippen LogP contribution in [0.25, 0.3) is 0 Å². The lowest BCUT2D eigenvalue weighted by Crippen LogP contribution is -2.33. The van der Waals surface area contributed by atoms with Crippen LogP contribution in [0.15, 0.2) is 15.8 Å². The number of rotatable bonds is 5. The zero-order chi connectivity index (χ0) is 17.0. The van der Waals surface area contributed by atoms with E-state index in [4.69, 9.17) is 9.26 Å². The Labute approximate surface area is 132 Å². The summed E-state index contributed by atoms with van der Waals surface area (Å²) in [5.41, 5.74) is -1.15. The van der Waals surface area contributed by atoms with Crippen LogP contribution in [0.3, 0.4) is 0 Å². The molecule has 0 amide bonds.